The molecule has 0 saturated carbocycles. The van der Waals surface area contributed by atoms with E-state index in [0.29, 0.717) is 0 Å². The van der Waals surface area contributed by atoms with E-state index in [4.69, 9.17) is 0 Å². The SMILES string of the molecule is [Al+3].[Ca+2].[F-].[F-].[F-].[F-].[F-].[F-].[F-].[F-].[Na+].[Zn+2]. The molecule has 0 radical (unpaired) electrons. The maximum atomic E-state index is 0. The standard InChI is InChI=1S/Al.Ca.8FH.Na.Zn/h;;8*1H;;/q+3;+2;;;;;;;;;+1;+2/p-8. The van der Waals surface area contributed by atoms with Gasteiger partial charge < -0.3 is 37.6 Å². The van der Waals surface area contributed by atoms with Crippen LogP contribution in [0.1, 0.15) is 0 Å². The zero-order chi connectivity index (χ0) is 0. The summed E-state index contributed by atoms with van der Waals surface area (Å²) in [7, 11) is 0. The molecule has 12 heavy (non-hydrogen) atoms. The summed E-state index contributed by atoms with van der Waals surface area (Å²) in [6.07, 6.45) is 0. The van der Waals surface area contributed by atoms with Gasteiger partial charge in [0.2, 0.25) is 0 Å². The van der Waals surface area contributed by atoms with Crippen LogP contribution in [0.4, 0.5) is 0 Å². The largest absolute Gasteiger partial charge is 3.00 e. The Balaban J connectivity index is 0. The Morgan fingerprint density at radius 1 is 0.417 bits per heavy atom. The number of hydrogen-bond donors (Lipinski definition) is 0. The third kappa shape index (κ3) is 222. The molecule has 0 rings (SSSR count). The van der Waals surface area contributed by atoms with Crippen LogP contribution in [0, 0.1) is 0 Å². The molecule has 0 aromatic heterocycles. The molecule has 0 aromatic rings. The molecule has 0 unspecified atom stereocenters. The molecule has 64 valence electrons. The van der Waals surface area contributed by atoms with Gasteiger partial charge in [-0.15, -0.1) is 0 Å². The van der Waals surface area contributed by atoms with Gasteiger partial charge in [0.1, 0.15) is 0 Å². The first-order valence-corrected chi connectivity index (χ1v) is 0. The van der Waals surface area contributed by atoms with Crippen LogP contribution in [0.15, 0.2) is 0 Å². The zero-order valence-corrected chi connectivity index (χ0v) is 14.3. The van der Waals surface area contributed by atoms with Crippen LogP contribution in [0.5, 0.6) is 0 Å². The van der Waals surface area contributed by atoms with Gasteiger partial charge in [0.05, 0.1) is 0 Å². The Morgan fingerprint density at radius 3 is 0.417 bits per heavy atom. The van der Waals surface area contributed by atoms with Crippen LogP contribution in [-0.4, -0.2) is 55.1 Å². The average Bonchev–Trinajstić information content (AvgIpc) is 0. The molecule has 12 heteroatoms. The number of hydrogen-bond acceptors (Lipinski definition) is 0. The number of halogens is 8. The summed E-state index contributed by atoms with van der Waals surface area (Å²) in [5.41, 5.74) is 0. The van der Waals surface area contributed by atoms with E-state index in [1.54, 1.807) is 0 Å². The van der Waals surface area contributed by atoms with E-state index < -0.39 is 0 Å². The molecule has 0 aromatic carbocycles. The van der Waals surface area contributed by atoms with Gasteiger partial charge in [-0.3, -0.25) is 0 Å². The topological polar surface area (TPSA) is 0 Å². The molecule has 0 N–H and O–H groups in total. The first kappa shape index (κ1) is 350. The Morgan fingerprint density at radius 2 is 0.417 bits per heavy atom. The van der Waals surface area contributed by atoms with E-state index in [-0.39, 0.29) is 142 Å². The van der Waals surface area contributed by atoms with Gasteiger partial charge in [0.15, 0.2) is 0 Å². The minimum absolute atomic E-state index is 0. The Kier molecular flexibility index (Phi) is 8180. The van der Waals surface area contributed by atoms with Crippen LogP contribution in [-0.2, 0) is 19.5 Å². The molecule has 0 fully saturated rings. The molecule has 0 aliphatic carbocycles. The second-order valence-electron chi connectivity index (χ2n) is 0. The quantitative estimate of drug-likeness (QED) is 0.308. The minimum Gasteiger partial charge on any atom is -1.00 e. The summed E-state index contributed by atoms with van der Waals surface area (Å²) < 4.78 is 0. The van der Waals surface area contributed by atoms with Crippen LogP contribution in [0.25, 0.3) is 0 Å². The van der Waals surface area contributed by atoms with Gasteiger partial charge in [-0.05, 0) is 0 Å². The normalized spacial score (nSPS) is 0. The van der Waals surface area contributed by atoms with Crippen molar-refractivity contribution in [2.24, 2.45) is 0 Å². The fourth-order valence-electron chi connectivity index (χ4n) is 0. The second kappa shape index (κ2) is 281. The van der Waals surface area contributed by atoms with Crippen LogP contribution in [0.2, 0.25) is 0 Å². The summed E-state index contributed by atoms with van der Waals surface area (Å²) in [5, 5.41) is 0. The first-order chi connectivity index (χ1) is 0. The molecule has 0 amide bonds. The van der Waals surface area contributed by atoms with Gasteiger partial charge in [-0.2, -0.15) is 0 Å². The van der Waals surface area contributed by atoms with E-state index >= 15 is 0 Å². The number of rotatable bonds is 0. The van der Waals surface area contributed by atoms with E-state index in [0.717, 1.165) is 0 Å². The van der Waals surface area contributed by atoms with Gasteiger partial charge in [-0.25, -0.2) is 0 Å². The average molecular weight is 307 g/mol. The molecular formula is AlCaF8NaZn. The predicted molar refractivity (Wildman–Crippen MR) is 11.5 cm³/mol. The Labute approximate surface area is 139 Å². The van der Waals surface area contributed by atoms with Crippen molar-refractivity contribution in [1.29, 1.82) is 0 Å². The third-order valence-corrected chi connectivity index (χ3v) is 0. The molecule has 0 heterocycles. The summed E-state index contributed by atoms with van der Waals surface area (Å²) in [6.45, 7) is 0. The van der Waals surface area contributed by atoms with Gasteiger partial charge >= 0.3 is 104 Å². The fraction of sp³-hybridized carbons (Fsp3) is 0. The Hall–Kier alpha value is 2.86. The van der Waals surface area contributed by atoms with Gasteiger partial charge in [0, 0.05) is 0 Å². The van der Waals surface area contributed by atoms with Crippen LogP contribution >= 0.6 is 0 Å². The molecule has 0 aliphatic rings. The van der Waals surface area contributed by atoms with Gasteiger partial charge in [-0.1, -0.05) is 0 Å². The molecular weight excluding hydrogens is 307 g/mol. The van der Waals surface area contributed by atoms with Crippen molar-refractivity contribution in [2.45, 2.75) is 0 Å². The van der Waals surface area contributed by atoms with E-state index in [2.05, 4.69) is 0 Å². The molecule has 0 atom stereocenters. The molecule has 0 aliphatic heterocycles. The van der Waals surface area contributed by atoms with Crippen molar-refractivity contribution in [2.75, 3.05) is 0 Å². The maximum absolute atomic E-state index is 0. The van der Waals surface area contributed by atoms with E-state index in [9.17, 15) is 0 Å². The van der Waals surface area contributed by atoms with Crippen molar-refractivity contribution < 1.29 is 86.7 Å². The first-order valence-electron chi connectivity index (χ1n) is 0. The van der Waals surface area contributed by atoms with Crippen LogP contribution < -0.4 is 67.2 Å². The third-order valence-electron chi connectivity index (χ3n) is 0. The van der Waals surface area contributed by atoms with Crippen molar-refractivity contribution >= 4 is 55.1 Å². The smallest absolute Gasteiger partial charge is 1.00 e. The van der Waals surface area contributed by atoms with Gasteiger partial charge in [0.25, 0.3) is 0 Å². The van der Waals surface area contributed by atoms with Crippen molar-refractivity contribution in [1.82, 2.24) is 0 Å². The molecule has 0 nitrogen and oxygen atoms in total. The summed E-state index contributed by atoms with van der Waals surface area (Å²) in [5.74, 6) is 0. The maximum Gasteiger partial charge on any atom is 3.00 e. The fourth-order valence-corrected chi connectivity index (χ4v) is 0. The van der Waals surface area contributed by atoms with Crippen molar-refractivity contribution in [3.63, 3.8) is 0 Å². The Bertz CT molecular complexity index is 19.0. The second-order valence-corrected chi connectivity index (χ2v) is 0. The summed E-state index contributed by atoms with van der Waals surface area (Å²) in [4.78, 5) is 0. The van der Waals surface area contributed by atoms with Crippen molar-refractivity contribution in [3.8, 4) is 0 Å². The van der Waals surface area contributed by atoms with E-state index in [1.165, 1.54) is 0 Å². The molecule has 0 saturated heterocycles. The molecule has 0 spiro atoms. The van der Waals surface area contributed by atoms with E-state index in [1.807, 2.05) is 0 Å². The summed E-state index contributed by atoms with van der Waals surface area (Å²) in [6, 6.07) is 0. The zero-order valence-electron chi connectivity index (χ0n) is 6.02. The van der Waals surface area contributed by atoms with Crippen LogP contribution in [0.3, 0.4) is 0 Å². The predicted octanol–water partition coefficient (Wildman–Crippen LogP) is -27.7. The molecule has 0 bridgehead atoms. The monoisotopic (exact) mass is 306 g/mol. The van der Waals surface area contributed by atoms with Crippen molar-refractivity contribution in [3.05, 3.63) is 0 Å². The summed E-state index contributed by atoms with van der Waals surface area (Å²) >= 11 is 0. The minimum atomic E-state index is 0.